The molecule has 0 amide bonds. The smallest absolute Gasteiger partial charge is 0.303 e. The molecule has 6 atom stereocenters. The summed E-state index contributed by atoms with van der Waals surface area (Å²) in [4.78, 5) is 10.8. The Bertz CT molecular complexity index is 983. The number of nitrogens with zero attached hydrogens (tertiary/aromatic N) is 1. The molecule has 0 saturated heterocycles. The van der Waals surface area contributed by atoms with Gasteiger partial charge in [0.2, 0.25) is 0 Å². The van der Waals surface area contributed by atoms with E-state index in [1.165, 1.54) is 18.1 Å². The van der Waals surface area contributed by atoms with Crippen LogP contribution in [0.2, 0.25) is 0 Å². The summed E-state index contributed by atoms with van der Waals surface area (Å²) in [6, 6.07) is 8.78. The fourth-order valence-corrected chi connectivity index (χ4v) is 7.96. The van der Waals surface area contributed by atoms with Crippen LogP contribution in [0.25, 0.3) is 0 Å². The molecule has 0 spiro atoms. The maximum atomic E-state index is 12.1. The molecule has 2 saturated carbocycles. The first-order chi connectivity index (χ1) is 13.8. The molecule has 4 nitrogen and oxygen atoms in total. The van der Waals surface area contributed by atoms with Crippen LogP contribution in [0.1, 0.15) is 56.6 Å². The molecule has 152 valence electrons. The maximum absolute atomic E-state index is 12.1. The summed E-state index contributed by atoms with van der Waals surface area (Å²) in [6.07, 6.45) is 8.65. The second-order valence-electron chi connectivity index (χ2n) is 9.48. The average molecular weight is 412 g/mol. The second kappa shape index (κ2) is 5.79. The van der Waals surface area contributed by atoms with Crippen LogP contribution in [0.4, 0.5) is 0 Å². The number of hydrogen-bond donors (Lipinski definition) is 0. The Morgan fingerprint density at radius 3 is 2.79 bits per heavy atom. The number of alkyl halides is 1. The van der Waals surface area contributed by atoms with Crippen LogP contribution < -0.4 is 4.74 Å². The van der Waals surface area contributed by atoms with Crippen LogP contribution in [0.5, 0.6) is 5.75 Å². The lowest BCUT2D eigenvalue weighted by Gasteiger charge is -2.56. The van der Waals surface area contributed by atoms with Gasteiger partial charge in [0.1, 0.15) is 5.75 Å². The average Bonchev–Trinajstić information content (AvgIpc) is 3.05. The third kappa shape index (κ3) is 2.03. The predicted octanol–water partition coefficient (Wildman–Crippen LogP) is 4.90. The quantitative estimate of drug-likeness (QED) is 0.394. The van der Waals surface area contributed by atoms with E-state index in [9.17, 15) is 10.1 Å². The number of benzene rings is 1. The first kappa shape index (κ1) is 19.0. The number of ether oxygens (including phenoxy) is 2. The summed E-state index contributed by atoms with van der Waals surface area (Å²) in [6.45, 7) is 3.60. The number of carbonyl (C=O) groups is 1. The third-order valence-electron chi connectivity index (χ3n) is 8.65. The Hall–Kier alpha value is -1.99. The highest BCUT2D eigenvalue weighted by atomic mass is 35.5. The van der Waals surface area contributed by atoms with Crippen LogP contribution in [0.15, 0.2) is 30.4 Å². The summed E-state index contributed by atoms with van der Waals surface area (Å²) in [5.74, 6) is 1.33. The highest BCUT2D eigenvalue weighted by Gasteiger charge is 2.82. The van der Waals surface area contributed by atoms with Crippen molar-refractivity contribution in [2.75, 3.05) is 7.11 Å². The van der Waals surface area contributed by atoms with Crippen molar-refractivity contribution in [1.29, 1.82) is 5.26 Å². The number of aryl methyl sites for hydroxylation is 1. The molecule has 0 unspecified atom stereocenters. The van der Waals surface area contributed by atoms with Gasteiger partial charge in [0.25, 0.3) is 0 Å². The van der Waals surface area contributed by atoms with Gasteiger partial charge in [0.15, 0.2) is 10.5 Å². The van der Waals surface area contributed by atoms with Crippen molar-refractivity contribution in [2.24, 2.45) is 16.7 Å². The lowest BCUT2D eigenvalue weighted by molar-refractivity contribution is -0.170. The second-order valence-corrected chi connectivity index (χ2v) is 10.1. The molecule has 2 bridgehead atoms. The van der Waals surface area contributed by atoms with Gasteiger partial charge in [-0.2, -0.15) is 5.26 Å². The van der Waals surface area contributed by atoms with Gasteiger partial charge < -0.3 is 9.47 Å². The van der Waals surface area contributed by atoms with Gasteiger partial charge in [-0.15, -0.1) is 0 Å². The Labute approximate surface area is 176 Å². The van der Waals surface area contributed by atoms with Gasteiger partial charge in [0.05, 0.1) is 13.2 Å². The lowest BCUT2D eigenvalue weighted by atomic mass is 9.48. The van der Waals surface area contributed by atoms with E-state index in [1.54, 1.807) is 7.11 Å². The Balaban J connectivity index is 1.63. The number of fused-ring (bicyclic) bond motifs is 3. The normalized spacial score (nSPS) is 43.7. The molecule has 5 rings (SSSR count). The number of nitriles is 1. The molecule has 2 fully saturated rings. The lowest BCUT2D eigenvalue weighted by Crippen LogP contribution is -2.57. The number of rotatable bonds is 2. The summed E-state index contributed by atoms with van der Waals surface area (Å²) < 4.78 is 11.4. The molecule has 29 heavy (non-hydrogen) atoms. The molecule has 4 aliphatic carbocycles. The number of methoxy groups -OCH3 is 1. The minimum atomic E-state index is -1.22. The molecule has 1 aromatic carbocycles. The van der Waals surface area contributed by atoms with Crippen molar-refractivity contribution < 1.29 is 14.3 Å². The van der Waals surface area contributed by atoms with Crippen LogP contribution in [-0.2, 0) is 16.0 Å². The first-order valence-corrected chi connectivity index (χ1v) is 10.8. The summed E-state index contributed by atoms with van der Waals surface area (Å²) in [5.41, 5.74) is 1.11. The van der Waals surface area contributed by atoms with Crippen molar-refractivity contribution >= 4 is 17.6 Å². The highest BCUT2D eigenvalue weighted by Crippen LogP contribution is 2.79. The largest absolute Gasteiger partial charge is 0.497 e. The summed E-state index contributed by atoms with van der Waals surface area (Å²) in [5, 5.41) is 10.1. The molecule has 0 aromatic heterocycles. The third-order valence-corrected chi connectivity index (χ3v) is 9.15. The SMILES string of the molecule is COc1ccc2c(c1)CC[C@@H]1[C@@H]2CC[C@]2(C)[C@@]3(OC(C)=O)C=C[C@]12C[C@@]3(Cl)C#N. The molecule has 0 aliphatic heterocycles. The molecular formula is C24H26ClNO3. The number of halogens is 1. The molecule has 1 aromatic rings. The first-order valence-electron chi connectivity index (χ1n) is 10.4. The molecule has 0 heterocycles. The van der Waals surface area contributed by atoms with Crippen molar-refractivity contribution in [3.05, 3.63) is 41.5 Å². The van der Waals surface area contributed by atoms with E-state index in [0.29, 0.717) is 18.3 Å². The zero-order chi connectivity index (χ0) is 20.7. The molecule has 0 radical (unpaired) electrons. The Kier molecular flexibility index (Phi) is 3.79. The maximum Gasteiger partial charge on any atom is 0.303 e. The van der Waals surface area contributed by atoms with Gasteiger partial charge >= 0.3 is 5.97 Å². The standard InChI is InChI=1S/C24H26ClNO3/c1-15(27)29-24-11-10-22(13-23(24,25)14-26)20-7-4-16-12-17(28-3)5-6-18(16)19(20)8-9-21(22,24)2/h5-6,10-12,19-20H,4,7-9,13H2,1-3H3/t19-,20-,21+,22+,23-,24+/m1/s1. The number of hydrogen-bond acceptors (Lipinski definition) is 4. The highest BCUT2D eigenvalue weighted by molar-refractivity contribution is 6.27. The number of allylic oxidation sites excluding steroid dienone is 1. The Morgan fingerprint density at radius 2 is 2.10 bits per heavy atom. The summed E-state index contributed by atoms with van der Waals surface area (Å²) in [7, 11) is 1.71. The minimum Gasteiger partial charge on any atom is -0.497 e. The van der Waals surface area contributed by atoms with Crippen LogP contribution in [0, 0.1) is 28.1 Å². The van der Waals surface area contributed by atoms with Crippen molar-refractivity contribution in [3.8, 4) is 11.8 Å². The zero-order valence-corrected chi connectivity index (χ0v) is 17.9. The summed E-state index contributed by atoms with van der Waals surface area (Å²) >= 11 is 6.98. The number of carbonyl (C=O) groups excluding carboxylic acids is 1. The van der Waals surface area contributed by atoms with E-state index in [0.717, 1.165) is 31.4 Å². The van der Waals surface area contributed by atoms with E-state index >= 15 is 0 Å². The van der Waals surface area contributed by atoms with Crippen molar-refractivity contribution in [1.82, 2.24) is 0 Å². The van der Waals surface area contributed by atoms with Crippen LogP contribution in [0.3, 0.4) is 0 Å². The molecule has 0 N–H and O–H groups in total. The van der Waals surface area contributed by atoms with Crippen molar-refractivity contribution in [3.63, 3.8) is 0 Å². The topological polar surface area (TPSA) is 59.3 Å². The minimum absolute atomic E-state index is 0.236. The van der Waals surface area contributed by atoms with E-state index in [-0.39, 0.29) is 16.8 Å². The Morgan fingerprint density at radius 1 is 1.31 bits per heavy atom. The van der Waals surface area contributed by atoms with Crippen LogP contribution >= 0.6 is 11.6 Å². The monoisotopic (exact) mass is 411 g/mol. The van der Waals surface area contributed by atoms with Gasteiger partial charge in [-0.05, 0) is 73.3 Å². The molecule has 4 aliphatic rings. The van der Waals surface area contributed by atoms with Gasteiger partial charge in [-0.25, -0.2) is 0 Å². The predicted molar refractivity (Wildman–Crippen MR) is 110 cm³/mol. The van der Waals surface area contributed by atoms with E-state index < -0.39 is 10.5 Å². The van der Waals surface area contributed by atoms with E-state index in [2.05, 4.69) is 37.3 Å². The zero-order valence-electron chi connectivity index (χ0n) is 17.1. The fraction of sp³-hybridized carbons (Fsp3) is 0.583. The van der Waals surface area contributed by atoms with Gasteiger partial charge in [0, 0.05) is 17.8 Å². The number of esters is 1. The van der Waals surface area contributed by atoms with Gasteiger partial charge in [-0.1, -0.05) is 30.7 Å². The molecule has 5 heteroatoms. The van der Waals surface area contributed by atoms with Crippen LogP contribution in [-0.4, -0.2) is 23.6 Å². The molecular weight excluding hydrogens is 386 g/mol. The fourth-order valence-electron chi connectivity index (χ4n) is 7.43. The van der Waals surface area contributed by atoms with E-state index in [4.69, 9.17) is 21.1 Å². The van der Waals surface area contributed by atoms with Crippen molar-refractivity contribution in [2.45, 2.75) is 62.3 Å². The van der Waals surface area contributed by atoms with E-state index in [1.807, 2.05) is 6.08 Å². The van der Waals surface area contributed by atoms with Gasteiger partial charge in [-0.3, -0.25) is 4.79 Å².